The number of benzene rings is 1. The first-order valence-electron chi connectivity index (χ1n) is 6.26. The predicted octanol–water partition coefficient (Wildman–Crippen LogP) is 4.34. The SMILES string of the molecule is CC1CCCC(N)(c2cccc(Br)c2F)CC1. The lowest BCUT2D eigenvalue weighted by molar-refractivity contribution is 0.362. The first-order chi connectivity index (χ1) is 8.03. The molecule has 2 atom stereocenters. The molecule has 2 rings (SSSR count). The molecule has 0 heterocycles. The monoisotopic (exact) mass is 299 g/mol. The Bertz CT molecular complexity index is 407. The molecule has 1 aliphatic rings. The van der Waals surface area contributed by atoms with Gasteiger partial charge in [0.1, 0.15) is 5.82 Å². The molecule has 1 aromatic rings. The summed E-state index contributed by atoms with van der Waals surface area (Å²) in [6.07, 6.45) is 5.13. The molecule has 3 heteroatoms. The van der Waals surface area contributed by atoms with E-state index in [0.717, 1.165) is 25.7 Å². The summed E-state index contributed by atoms with van der Waals surface area (Å²) in [6.45, 7) is 2.25. The molecule has 1 aliphatic carbocycles. The first kappa shape index (κ1) is 13.0. The second-order valence-electron chi connectivity index (χ2n) is 5.29. The van der Waals surface area contributed by atoms with E-state index >= 15 is 0 Å². The van der Waals surface area contributed by atoms with Gasteiger partial charge in [-0.25, -0.2) is 4.39 Å². The molecule has 0 spiro atoms. The molecule has 1 fully saturated rings. The van der Waals surface area contributed by atoms with Crippen molar-refractivity contribution in [1.29, 1.82) is 0 Å². The van der Waals surface area contributed by atoms with Crippen molar-refractivity contribution in [3.05, 3.63) is 34.1 Å². The third-order valence-electron chi connectivity index (χ3n) is 3.89. The molecular weight excluding hydrogens is 281 g/mol. The van der Waals surface area contributed by atoms with Crippen LogP contribution in [0.15, 0.2) is 22.7 Å². The van der Waals surface area contributed by atoms with Crippen molar-refractivity contribution < 1.29 is 4.39 Å². The summed E-state index contributed by atoms with van der Waals surface area (Å²) >= 11 is 3.24. The van der Waals surface area contributed by atoms with Gasteiger partial charge in [0.25, 0.3) is 0 Å². The fraction of sp³-hybridized carbons (Fsp3) is 0.571. The van der Waals surface area contributed by atoms with Crippen molar-refractivity contribution in [2.24, 2.45) is 11.7 Å². The van der Waals surface area contributed by atoms with E-state index in [1.54, 1.807) is 6.07 Å². The van der Waals surface area contributed by atoms with Crippen LogP contribution in [0.1, 0.15) is 44.6 Å². The fourth-order valence-corrected chi connectivity index (χ4v) is 3.06. The van der Waals surface area contributed by atoms with E-state index in [4.69, 9.17) is 5.73 Å². The molecule has 0 bridgehead atoms. The highest BCUT2D eigenvalue weighted by Crippen LogP contribution is 2.38. The van der Waals surface area contributed by atoms with Crippen LogP contribution in [0.25, 0.3) is 0 Å². The second-order valence-corrected chi connectivity index (χ2v) is 6.15. The van der Waals surface area contributed by atoms with Gasteiger partial charge in [-0.15, -0.1) is 0 Å². The topological polar surface area (TPSA) is 26.0 Å². The standard InChI is InChI=1S/C14H19BrFN/c1-10-4-3-8-14(17,9-7-10)11-5-2-6-12(15)13(11)16/h2,5-6,10H,3-4,7-9,17H2,1H3. The van der Waals surface area contributed by atoms with Gasteiger partial charge < -0.3 is 5.73 Å². The number of nitrogens with two attached hydrogens (primary N) is 1. The van der Waals surface area contributed by atoms with Crippen LogP contribution in [0.5, 0.6) is 0 Å². The van der Waals surface area contributed by atoms with E-state index < -0.39 is 5.54 Å². The van der Waals surface area contributed by atoms with Gasteiger partial charge in [-0.05, 0) is 47.2 Å². The summed E-state index contributed by atoms with van der Waals surface area (Å²) < 4.78 is 14.6. The molecule has 1 aromatic carbocycles. The Hall–Kier alpha value is -0.410. The Balaban J connectivity index is 2.33. The maximum atomic E-state index is 14.1. The molecule has 2 N–H and O–H groups in total. The highest BCUT2D eigenvalue weighted by atomic mass is 79.9. The molecule has 0 amide bonds. The van der Waals surface area contributed by atoms with E-state index in [-0.39, 0.29) is 5.82 Å². The van der Waals surface area contributed by atoms with Gasteiger partial charge in [0, 0.05) is 11.1 Å². The predicted molar refractivity (Wildman–Crippen MR) is 72.2 cm³/mol. The lowest BCUT2D eigenvalue weighted by Crippen LogP contribution is -2.37. The Morgan fingerprint density at radius 2 is 2.12 bits per heavy atom. The average Bonchev–Trinajstić information content (AvgIpc) is 2.46. The summed E-state index contributed by atoms with van der Waals surface area (Å²) in [4.78, 5) is 0. The summed E-state index contributed by atoms with van der Waals surface area (Å²) in [7, 11) is 0. The molecule has 0 radical (unpaired) electrons. The third kappa shape index (κ3) is 2.71. The fourth-order valence-electron chi connectivity index (χ4n) is 2.70. The molecule has 0 saturated heterocycles. The number of hydrogen-bond donors (Lipinski definition) is 1. The van der Waals surface area contributed by atoms with Crippen molar-refractivity contribution in [2.75, 3.05) is 0 Å². The molecule has 94 valence electrons. The molecular formula is C14H19BrFN. The Kier molecular flexibility index (Phi) is 3.88. The summed E-state index contributed by atoms with van der Waals surface area (Å²) in [5.74, 6) is 0.514. The minimum atomic E-state index is -0.487. The summed E-state index contributed by atoms with van der Waals surface area (Å²) in [6, 6.07) is 5.42. The van der Waals surface area contributed by atoms with Crippen LogP contribution in [0.3, 0.4) is 0 Å². The Morgan fingerprint density at radius 3 is 2.88 bits per heavy atom. The van der Waals surface area contributed by atoms with Gasteiger partial charge in [-0.1, -0.05) is 31.9 Å². The van der Waals surface area contributed by atoms with E-state index in [1.165, 1.54) is 6.42 Å². The maximum Gasteiger partial charge on any atom is 0.142 e. The normalized spacial score (nSPS) is 30.0. The average molecular weight is 300 g/mol. The Labute approximate surface area is 111 Å². The van der Waals surface area contributed by atoms with Crippen molar-refractivity contribution in [3.8, 4) is 0 Å². The van der Waals surface area contributed by atoms with Gasteiger partial charge in [0.2, 0.25) is 0 Å². The van der Waals surface area contributed by atoms with Gasteiger partial charge in [-0.2, -0.15) is 0 Å². The van der Waals surface area contributed by atoms with Crippen LogP contribution in [0.4, 0.5) is 4.39 Å². The molecule has 1 saturated carbocycles. The van der Waals surface area contributed by atoms with Gasteiger partial charge >= 0.3 is 0 Å². The highest BCUT2D eigenvalue weighted by Gasteiger charge is 2.32. The number of hydrogen-bond acceptors (Lipinski definition) is 1. The molecule has 17 heavy (non-hydrogen) atoms. The summed E-state index contributed by atoms with van der Waals surface area (Å²) in [5.41, 5.74) is 6.63. The van der Waals surface area contributed by atoms with Crippen LogP contribution in [-0.2, 0) is 5.54 Å². The van der Waals surface area contributed by atoms with Crippen molar-refractivity contribution in [1.82, 2.24) is 0 Å². The van der Waals surface area contributed by atoms with E-state index in [0.29, 0.717) is 16.0 Å². The van der Waals surface area contributed by atoms with E-state index in [9.17, 15) is 4.39 Å². The van der Waals surface area contributed by atoms with Crippen LogP contribution in [0, 0.1) is 11.7 Å². The van der Waals surface area contributed by atoms with Gasteiger partial charge in [0.15, 0.2) is 0 Å². The highest BCUT2D eigenvalue weighted by molar-refractivity contribution is 9.10. The smallest absolute Gasteiger partial charge is 0.142 e. The van der Waals surface area contributed by atoms with Crippen LogP contribution in [0.2, 0.25) is 0 Å². The van der Waals surface area contributed by atoms with Crippen molar-refractivity contribution in [3.63, 3.8) is 0 Å². The largest absolute Gasteiger partial charge is 0.321 e. The van der Waals surface area contributed by atoms with E-state index in [1.807, 2.05) is 12.1 Å². The van der Waals surface area contributed by atoms with Gasteiger partial charge in [0.05, 0.1) is 4.47 Å². The quantitative estimate of drug-likeness (QED) is 0.767. The summed E-state index contributed by atoms with van der Waals surface area (Å²) in [5, 5.41) is 0. The second kappa shape index (κ2) is 5.07. The van der Waals surface area contributed by atoms with Crippen molar-refractivity contribution >= 4 is 15.9 Å². The zero-order chi connectivity index (χ0) is 12.5. The molecule has 0 aromatic heterocycles. The number of rotatable bonds is 1. The lowest BCUT2D eigenvalue weighted by Gasteiger charge is -2.29. The maximum absolute atomic E-state index is 14.1. The minimum absolute atomic E-state index is 0.190. The van der Waals surface area contributed by atoms with E-state index in [2.05, 4.69) is 22.9 Å². The van der Waals surface area contributed by atoms with Crippen LogP contribution >= 0.6 is 15.9 Å². The first-order valence-corrected chi connectivity index (χ1v) is 7.05. The lowest BCUT2D eigenvalue weighted by atomic mass is 9.83. The zero-order valence-corrected chi connectivity index (χ0v) is 11.8. The van der Waals surface area contributed by atoms with Crippen LogP contribution < -0.4 is 5.73 Å². The van der Waals surface area contributed by atoms with Gasteiger partial charge in [-0.3, -0.25) is 0 Å². The third-order valence-corrected chi connectivity index (χ3v) is 4.50. The minimum Gasteiger partial charge on any atom is -0.321 e. The zero-order valence-electron chi connectivity index (χ0n) is 10.2. The Morgan fingerprint density at radius 1 is 1.35 bits per heavy atom. The van der Waals surface area contributed by atoms with Crippen LogP contribution in [-0.4, -0.2) is 0 Å². The molecule has 1 nitrogen and oxygen atoms in total. The molecule has 0 aliphatic heterocycles. The molecule has 2 unspecified atom stereocenters. The van der Waals surface area contributed by atoms with Crippen molar-refractivity contribution in [2.45, 2.75) is 44.6 Å². The number of halogens is 2.